The van der Waals surface area contributed by atoms with E-state index in [1.807, 2.05) is 13.8 Å². The molecule has 156 valence electrons. The summed E-state index contributed by atoms with van der Waals surface area (Å²) in [5, 5.41) is 0. The van der Waals surface area contributed by atoms with Crippen LogP contribution in [0.4, 0.5) is 0 Å². The van der Waals surface area contributed by atoms with Gasteiger partial charge in [0.05, 0.1) is 12.7 Å². The van der Waals surface area contributed by atoms with Gasteiger partial charge in [-0.05, 0) is 68.8 Å². The first-order valence-corrected chi connectivity index (χ1v) is 10.1. The molecule has 0 atom stereocenters. The van der Waals surface area contributed by atoms with Crippen molar-refractivity contribution in [2.75, 3.05) is 6.61 Å². The summed E-state index contributed by atoms with van der Waals surface area (Å²) >= 11 is 0. The highest BCUT2D eigenvalue weighted by Crippen LogP contribution is 2.14. The molecule has 0 radical (unpaired) electrons. The third kappa shape index (κ3) is 7.86. The van der Waals surface area contributed by atoms with Crippen molar-refractivity contribution < 1.29 is 19.1 Å². The van der Waals surface area contributed by atoms with Crippen LogP contribution < -0.4 is 20.3 Å². The zero-order chi connectivity index (χ0) is 21.1. The highest BCUT2D eigenvalue weighted by atomic mass is 16.5. The Hall–Kier alpha value is -3.02. The van der Waals surface area contributed by atoms with Gasteiger partial charge >= 0.3 is 0 Å². The number of hydrogen-bond acceptors (Lipinski definition) is 4. The van der Waals surface area contributed by atoms with E-state index in [1.54, 1.807) is 48.5 Å². The average Bonchev–Trinajstić information content (AvgIpc) is 2.72. The maximum absolute atomic E-state index is 12.2. The largest absolute Gasteiger partial charge is 0.494 e. The maximum Gasteiger partial charge on any atom is 0.269 e. The quantitative estimate of drug-likeness (QED) is 0.456. The molecule has 0 saturated heterocycles. The summed E-state index contributed by atoms with van der Waals surface area (Å²) in [5.41, 5.74) is 5.69. The topological polar surface area (TPSA) is 76.7 Å². The van der Waals surface area contributed by atoms with Gasteiger partial charge in [-0.3, -0.25) is 20.4 Å². The Labute approximate surface area is 172 Å². The Balaban J connectivity index is 1.78. The van der Waals surface area contributed by atoms with Crippen molar-refractivity contribution in [2.45, 2.75) is 52.6 Å². The fourth-order valence-corrected chi connectivity index (χ4v) is 2.64. The highest BCUT2D eigenvalue weighted by molar-refractivity contribution is 5.99. The van der Waals surface area contributed by atoms with Gasteiger partial charge in [0, 0.05) is 11.1 Å². The zero-order valence-electron chi connectivity index (χ0n) is 17.4. The normalized spacial score (nSPS) is 10.5. The molecule has 0 aliphatic carbocycles. The lowest BCUT2D eigenvalue weighted by atomic mass is 10.2. The van der Waals surface area contributed by atoms with E-state index in [1.165, 1.54) is 12.8 Å². The van der Waals surface area contributed by atoms with E-state index in [2.05, 4.69) is 17.8 Å². The predicted molar refractivity (Wildman–Crippen MR) is 113 cm³/mol. The van der Waals surface area contributed by atoms with Crippen LogP contribution in [0.2, 0.25) is 0 Å². The minimum Gasteiger partial charge on any atom is -0.494 e. The minimum atomic E-state index is -0.401. The standard InChI is InChI=1S/C23H30N2O4/c1-4-5-6-7-16-28-20-12-8-18(9-13-20)22(26)24-25-23(27)19-10-14-21(15-11-19)29-17(2)3/h8-15,17H,4-7,16H2,1-3H3,(H,24,26)(H,25,27). The van der Waals surface area contributed by atoms with E-state index in [-0.39, 0.29) is 6.10 Å². The Morgan fingerprint density at radius 1 is 0.793 bits per heavy atom. The molecular formula is C23H30N2O4. The van der Waals surface area contributed by atoms with Crippen molar-refractivity contribution in [3.8, 4) is 11.5 Å². The first-order valence-electron chi connectivity index (χ1n) is 10.1. The van der Waals surface area contributed by atoms with Gasteiger partial charge in [0.2, 0.25) is 0 Å². The summed E-state index contributed by atoms with van der Waals surface area (Å²) in [6, 6.07) is 13.6. The van der Waals surface area contributed by atoms with E-state index in [0.717, 1.165) is 18.6 Å². The average molecular weight is 399 g/mol. The number of hydrogen-bond donors (Lipinski definition) is 2. The molecule has 29 heavy (non-hydrogen) atoms. The third-order valence-electron chi connectivity index (χ3n) is 4.16. The van der Waals surface area contributed by atoms with E-state index in [9.17, 15) is 9.59 Å². The Bertz CT molecular complexity index is 770. The van der Waals surface area contributed by atoms with E-state index >= 15 is 0 Å². The van der Waals surface area contributed by atoms with Crippen molar-refractivity contribution >= 4 is 11.8 Å². The van der Waals surface area contributed by atoms with Crippen molar-refractivity contribution in [2.24, 2.45) is 0 Å². The number of nitrogens with one attached hydrogen (secondary N) is 2. The van der Waals surface area contributed by atoms with Crippen LogP contribution >= 0.6 is 0 Å². The van der Waals surface area contributed by atoms with Gasteiger partial charge in [0.25, 0.3) is 11.8 Å². The van der Waals surface area contributed by atoms with Crippen molar-refractivity contribution in [1.29, 1.82) is 0 Å². The first kappa shape index (κ1) is 22.3. The first-order chi connectivity index (χ1) is 14.0. The van der Waals surface area contributed by atoms with E-state index in [4.69, 9.17) is 9.47 Å². The van der Waals surface area contributed by atoms with Gasteiger partial charge in [0.15, 0.2) is 0 Å². The molecular weight excluding hydrogens is 368 g/mol. The number of unbranched alkanes of at least 4 members (excludes halogenated alkanes) is 3. The molecule has 2 aromatic rings. The summed E-state index contributed by atoms with van der Waals surface area (Å²) in [6.45, 7) is 6.71. The molecule has 0 unspecified atom stereocenters. The van der Waals surface area contributed by atoms with Gasteiger partial charge in [0.1, 0.15) is 11.5 Å². The fourth-order valence-electron chi connectivity index (χ4n) is 2.64. The molecule has 0 aromatic heterocycles. The van der Waals surface area contributed by atoms with Crippen LogP contribution in [-0.2, 0) is 0 Å². The van der Waals surface area contributed by atoms with Crippen LogP contribution in [0.1, 0.15) is 67.2 Å². The smallest absolute Gasteiger partial charge is 0.269 e. The number of ether oxygens (including phenoxy) is 2. The summed E-state index contributed by atoms with van der Waals surface area (Å²) < 4.78 is 11.2. The number of rotatable bonds is 10. The number of carbonyl (C=O) groups excluding carboxylic acids is 2. The molecule has 6 heteroatoms. The van der Waals surface area contributed by atoms with Crippen molar-refractivity contribution in [1.82, 2.24) is 10.9 Å². The van der Waals surface area contributed by atoms with Crippen LogP contribution in [0.3, 0.4) is 0 Å². The molecule has 0 heterocycles. The summed E-state index contributed by atoms with van der Waals surface area (Å²) in [5.74, 6) is 0.619. The summed E-state index contributed by atoms with van der Waals surface area (Å²) in [7, 11) is 0. The van der Waals surface area contributed by atoms with Gasteiger partial charge < -0.3 is 9.47 Å². The van der Waals surface area contributed by atoms with E-state index < -0.39 is 11.8 Å². The summed E-state index contributed by atoms with van der Waals surface area (Å²) in [6.07, 6.45) is 4.64. The minimum absolute atomic E-state index is 0.0619. The molecule has 2 rings (SSSR count). The lowest BCUT2D eigenvalue weighted by Gasteiger charge is -2.11. The molecule has 0 fully saturated rings. The monoisotopic (exact) mass is 398 g/mol. The Kier molecular flexibility index (Phi) is 9.02. The summed E-state index contributed by atoms with van der Waals surface area (Å²) in [4.78, 5) is 24.4. The van der Waals surface area contributed by atoms with Gasteiger partial charge in [-0.25, -0.2) is 0 Å². The van der Waals surface area contributed by atoms with Crippen LogP contribution in [0.25, 0.3) is 0 Å². The Morgan fingerprint density at radius 3 is 1.79 bits per heavy atom. The molecule has 2 N–H and O–H groups in total. The van der Waals surface area contributed by atoms with Gasteiger partial charge in [-0.1, -0.05) is 26.2 Å². The van der Waals surface area contributed by atoms with Crippen LogP contribution in [0.5, 0.6) is 11.5 Å². The van der Waals surface area contributed by atoms with E-state index in [0.29, 0.717) is 23.5 Å². The number of amides is 2. The number of benzene rings is 2. The SMILES string of the molecule is CCCCCCOc1ccc(C(=O)NNC(=O)c2ccc(OC(C)C)cc2)cc1. The fraction of sp³-hybridized carbons (Fsp3) is 0.391. The molecule has 2 amide bonds. The number of carbonyl (C=O) groups is 2. The van der Waals surface area contributed by atoms with Gasteiger partial charge in [-0.2, -0.15) is 0 Å². The van der Waals surface area contributed by atoms with Crippen LogP contribution in [-0.4, -0.2) is 24.5 Å². The predicted octanol–water partition coefficient (Wildman–Crippen LogP) is 4.51. The Morgan fingerprint density at radius 2 is 1.31 bits per heavy atom. The molecule has 0 aliphatic heterocycles. The maximum atomic E-state index is 12.2. The molecule has 2 aromatic carbocycles. The van der Waals surface area contributed by atoms with Crippen molar-refractivity contribution in [3.63, 3.8) is 0 Å². The second kappa shape index (κ2) is 11.7. The third-order valence-corrected chi connectivity index (χ3v) is 4.16. The lowest BCUT2D eigenvalue weighted by Crippen LogP contribution is -2.41. The zero-order valence-corrected chi connectivity index (χ0v) is 17.4. The molecule has 0 saturated carbocycles. The highest BCUT2D eigenvalue weighted by Gasteiger charge is 2.10. The van der Waals surface area contributed by atoms with Gasteiger partial charge in [-0.15, -0.1) is 0 Å². The lowest BCUT2D eigenvalue weighted by molar-refractivity contribution is 0.0846. The molecule has 0 spiro atoms. The van der Waals surface area contributed by atoms with Crippen LogP contribution in [0.15, 0.2) is 48.5 Å². The van der Waals surface area contributed by atoms with Crippen molar-refractivity contribution in [3.05, 3.63) is 59.7 Å². The molecule has 6 nitrogen and oxygen atoms in total. The second-order valence-corrected chi connectivity index (χ2v) is 7.03. The molecule has 0 aliphatic rings. The number of hydrazine groups is 1. The molecule has 0 bridgehead atoms. The van der Waals surface area contributed by atoms with Crippen LogP contribution in [0, 0.1) is 0 Å². The second-order valence-electron chi connectivity index (χ2n) is 7.03.